The molecule has 0 radical (unpaired) electrons. The minimum absolute atomic E-state index is 0.264. The number of hydrogen-bond acceptors (Lipinski definition) is 5. The smallest absolute Gasteiger partial charge is 0.324 e. The van der Waals surface area contributed by atoms with Crippen molar-refractivity contribution in [2.45, 2.75) is 19.5 Å². The molecule has 1 atom stereocenters. The molecular formula is C17H21N5O3. The van der Waals surface area contributed by atoms with Crippen molar-refractivity contribution in [3.05, 3.63) is 42.1 Å². The lowest BCUT2D eigenvalue weighted by molar-refractivity contribution is -0.128. The second-order valence-electron chi connectivity index (χ2n) is 5.83. The highest BCUT2D eigenvalue weighted by Crippen LogP contribution is 2.13. The summed E-state index contributed by atoms with van der Waals surface area (Å²) in [6.45, 7) is 3.22. The van der Waals surface area contributed by atoms with E-state index in [-0.39, 0.29) is 11.9 Å². The molecule has 0 spiro atoms. The van der Waals surface area contributed by atoms with Gasteiger partial charge in [0.05, 0.1) is 13.7 Å². The van der Waals surface area contributed by atoms with Gasteiger partial charge in [0.15, 0.2) is 0 Å². The Kier molecular flexibility index (Phi) is 4.87. The van der Waals surface area contributed by atoms with Gasteiger partial charge in [-0.3, -0.25) is 14.4 Å². The lowest BCUT2D eigenvalue weighted by Gasteiger charge is -2.18. The van der Waals surface area contributed by atoms with Crippen molar-refractivity contribution in [3.63, 3.8) is 0 Å². The first-order valence-electron chi connectivity index (χ1n) is 8.09. The number of amides is 3. The van der Waals surface area contributed by atoms with Crippen LogP contribution in [0.4, 0.5) is 10.6 Å². The molecule has 132 valence electrons. The molecule has 0 aliphatic carbocycles. The number of methoxy groups -OCH3 is 1. The summed E-state index contributed by atoms with van der Waals surface area (Å²) in [5.41, 5.74) is 1.09. The van der Waals surface area contributed by atoms with E-state index in [1.807, 2.05) is 30.5 Å². The van der Waals surface area contributed by atoms with Gasteiger partial charge < -0.3 is 15.4 Å². The Hall–Kier alpha value is -3.03. The Morgan fingerprint density at radius 3 is 2.76 bits per heavy atom. The Bertz CT molecular complexity index is 756. The fourth-order valence-corrected chi connectivity index (χ4v) is 2.64. The molecule has 8 heteroatoms. The number of rotatable bonds is 6. The van der Waals surface area contributed by atoms with Crippen LogP contribution < -0.4 is 15.4 Å². The molecular weight excluding hydrogens is 322 g/mol. The van der Waals surface area contributed by atoms with Crippen LogP contribution in [-0.2, 0) is 11.3 Å². The number of aromatic nitrogens is 2. The van der Waals surface area contributed by atoms with E-state index in [2.05, 4.69) is 15.7 Å². The van der Waals surface area contributed by atoms with E-state index in [1.165, 1.54) is 4.90 Å². The SMILES string of the molecule is COc1ccc(Cn2ccc(N[C@@H](C)C(=O)N3CCNC3=O)n2)cc1. The summed E-state index contributed by atoms with van der Waals surface area (Å²) < 4.78 is 6.92. The Morgan fingerprint density at radius 2 is 2.12 bits per heavy atom. The Morgan fingerprint density at radius 1 is 1.36 bits per heavy atom. The minimum atomic E-state index is -0.534. The van der Waals surface area contributed by atoms with Gasteiger partial charge in [0.25, 0.3) is 5.91 Å². The number of carbonyl (C=O) groups is 2. The van der Waals surface area contributed by atoms with E-state index in [0.29, 0.717) is 25.5 Å². The van der Waals surface area contributed by atoms with Gasteiger partial charge >= 0.3 is 6.03 Å². The molecule has 0 saturated carbocycles. The number of anilines is 1. The van der Waals surface area contributed by atoms with E-state index in [9.17, 15) is 9.59 Å². The average Bonchev–Trinajstić information content (AvgIpc) is 3.23. The highest BCUT2D eigenvalue weighted by atomic mass is 16.5. The maximum Gasteiger partial charge on any atom is 0.324 e. The van der Waals surface area contributed by atoms with E-state index >= 15 is 0 Å². The monoisotopic (exact) mass is 343 g/mol. The molecule has 0 unspecified atom stereocenters. The van der Waals surface area contributed by atoms with Gasteiger partial charge in [-0.2, -0.15) is 5.10 Å². The van der Waals surface area contributed by atoms with Crippen LogP contribution in [0, 0.1) is 0 Å². The van der Waals surface area contributed by atoms with Gasteiger partial charge in [0.2, 0.25) is 0 Å². The normalized spacial score (nSPS) is 15.0. The fraction of sp³-hybridized carbons (Fsp3) is 0.353. The van der Waals surface area contributed by atoms with Crippen molar-refractivity contribution in [2.75, 3.05) is 25.5 Å². The van der Waals surface area contributed by atoms with Crippen molar-refractivity contribution in [1.82, 2.24) is 20.0 Å². The van der Waals surface area contributed by atoms with E-state index in [4.69, 9.17) is 4.74 Å². The minimum Gasteiger partial charge on any atom is -0.497 e. The van der Waals surface area contributed by atoms with Crippen molar-refractivity contribution in [3.8, 4) is 5.75 Å². The molecule has 3 rings (SSSR count). The first-order chi connectivity index (χ1) is 12.1. The number of urea groups is 1. The average molecular weight is 343 g/mol. The number of nitrogens with zero attached hydrogens (tertiary/aromatic N) is 3. The van der Waals surface area contributed by atoms with Gasteiger partial charge in [0, 0.05) is 25.4 Å². The predicted octanol–water partition coefficient (Wildman–Crippen LogP) is 1.29. The van der Waals surface area contributed by atoms with Crippen LogP contribution in [0.1, 0.15) is 12.5 Å². The third kappa shape index (κ3) is 3.90. The molecule has 2 heterocycles. The maximum atomic E-state index is 12.3. The quantitative estimate of drug-likeness (QED) is 0.825. The zero-order valence-corrected chi connectivity index (χ0v) is 14.2. The van der Waals surface area contributed by atoms with E-state index in [0.717, 1.165) is 11.3 Å². The summed E-state index contributed by atoms with van der Waals surface area (Å²) in [6.07, 6.45) is 1.84. The standard InChI is InChI=1S/C17H21N5O3/c1-12(16(23)22-10-8-18-17(22)24)19-15-7-9-21(20-15)11-13-3-5-14(25-2)6-4-13/h3-7,9,12H,8,10-11H2,1-2H3,(H,18,24)(H,19,20)/t12-/m0/s1. The van der Waals surface area contributed by atoms with Gasteiger partial charge in [-0.15, -0.1) is 0 Å². The molecule has 2 N–H and O–H groups in total. The number of ether oxygens (including phenoxy) is 1. The number of hydrogen-bond donors (Lipinski definition) is 2. The van der Waals surface area contributed by atoms with Crippen molar-refractivity contribution >= 4 is 17.8 Å². The maximum absolute atomic E-state index is 12.3. The summed E-state index contributed by atoms with van der Waals surface area (Å²) in [4.78, 5) is 25.1. The zero-order valence-electron chi connectivity index (χ0n) is 14.2. The van der Waals surface area contributed by atoms with Crippen molar-refractivity contribution < 1.29 is 14.3 Å². The predicted molar refractivity (Wildman–Crippen MR) is 92.5 cm³/mol. The largest absolute Gasteiger partial charge is 0.497 e. The number of carbonyl (C=O) groups excluding carboxylic acids is 2. The van der Waals surface area contributed by atoms with E-state index in [1.54, 1.807) is 24.8 Å². The van der Waals surface area contributed by atoms with Crippen LogP contribution in [0.5, 0.6) is 5.75 Å². The highest BCUT2D eigenvalue weighted by molar-refractivity contribution is 5.99. The van der Waals surface area contributed by atoms with Crippen LogP contribution >= 0.6 is 0 Å². The second-order valence-corrected chi connectivity index (χ2v) is 5.83. The first-order valence-corrected chi connectivity index (χ1v) is 8.09. The van der Waals surface area contributed by atoms with Gasteiger partial charge in [-0.25, -0.2) is 4.79 Å². The lowest BCUT2D eigenvalue weighted by atomic mass is 10.2. The molecule has 1 saturated heterocycles. The van der Waals surface area contributed by atoms with Crippen LogP contribution in [0.3, 0.4) is 0 Å². The zero-order chi connectivity index (χ0) is 17.8. The molecule has 2 aromatic rings. The van der Waals surface area contributed by atoms with Crippen molar-refractivity contribution in [2.24, 2.45) is 0 Å². The summed E-state index contributed by atoms with van der Waals surface area (Å²) in [6, 6.07) is 8.69. The lowest BCUT2D eigenvalue weighted by Crippen LogP contribution is -2.43. The van der Waals surface area contributed by atoms with Gasteiger partial charge in [0.1, 0.15) is 17.6 Å². The van der Waals surface area contributed by atoms with Crippen LogP contribution in [0.15, 0.2) is 36.5 Å². The topological polar surface area (TPSA) is 88.5 Å². The second kappa shape index (κ2) is 7.25. The fourth-order valence-electron chi connectivity index (χ4n) is 2.64. The highest BCUT2D eigenvalue weighted by Gasteiger charge is 2.29. The first kappa shape index (κ1) is 16.8. The number of benzene rings is 1. The summed E-state index contributed by atoms with van der Waals surface area (Å²) in [7, 11) is 1.63. The molecule has 1 aromatic carbocycles. The summed E-state index contributed by atoms with van der Waals surface area (Å²) >= 11 is 0. The van der Waals surface area contributed by atoms with Gasteiger partial charge in [-0.05, 0) is 24.6 Å². The molecule has 1 aliphatic heterocycles. The van der Waals surface area contributed by atoms with Gasteiger partial charge in [-0.1, -0.05) is 12.1 Å². The summed E-state index contributed by atoms with van der Waals surface area (Å²) in [5.74, 6) is 1.14. The van der Waals surface area contributed by atoms with Crippen LogP contribution in [0.25, 0.3) is 0 Å². The third-order valence-corrected chi connectivity index (χ3v) is 4.00. The molecule has 3 amide bonds. The molecule has 25 heavy (non-hydrogen) atoms. The Balaban J connectivity index is 1.59. The Labute approximate surface area is 145 Å². The third-order valence-electron chi connectivity index (χ3n) is 4.00. The molecule has 1 aromatic heterocycles. The number of nitrogens with one attached hydrogen (secondary N) is 2. The summed E-state index contributed by atoms with van der Waals surface area (Å²) in [5, 5.41) is 10.1. The van der Waals surface area contributed by atoms with E-state index < -0.39 is 6.04 Å². The molecule has 1 fully saturated rings. The van der Waals surface area contributed by atoms with Crippen LogP contribution in [0.2, 0.25) is 0 Å². The molecule has 0 bridgehead atoms. The number of imide groups is 1. The molecule has 1 aliphatic rings. The van der Waals surface area contributed by atoms with Crippen LogP contribution in [-0.4, -0.2) is 52.9 Å². The van der Waals surface area contributed by atoms with Crippen molar-refractivity contribution in [1.29, 1.82) is 0 Å². The molecule has 8 nitrogen and oxygen atoms in total.